The lowest BCUT2D eigenvalue weighted by Crippen LogP contribution is -2.60. The summed E-state index contributed by atoms with van der Waals surface area (Å²) in [4.78, 5) is 12.9. The van der Waals surface area contributed by atoms with E-state index in [1.807, 2.05) is 6.08 Å². The summed E-state index contributed by atoms with van der Waals surface area (Å²) in [6.45, 7) is 3.61. The normalized spacial score (nSPS) is 21.5. The predicted molar refractivity (Wildman–Crippen MR) is 244 cm³/mol. The Morgan fingerprint density at radius 3 is 1.56 bits per heavy atom. The van der Waals surface area contributed by atoms with Crippen molar-refractivity contribution in [1.29, 1.82) is 0 Å². The number of unbranched alkanes of at least 4 members (excludes halogenated alkanes) is 15. The van der Waals surface area contributed by atoms with Crippen molar-refractivity contribution in [3.05, 3.63) is 85.1 Å². The van der Waals surface area contributed by atoms with Crippen LogP contribution in [0.25, 0.3) is 0 Å². The molecule has 0 aromatic carbocycles. The predicted octanol–water partition coefficient (Wildman–Crippen LogP) is 9.94. The molecule has 0 saturated carbocycles. The Bertz CT molecular complexity index is 1190. The molecular weight excluding hydrogens is 743 g/mol. The standard InChI is InChI=1S/C50H85NO8/c1-3-5-7-9-11-13-15-16-17-18-19-20-21-22-23-24-25-26-27-28-30-32-34-36-38-40-46(54)51-43(42-58-50-49(57)48(56)47(55)45(41-52)59-50)44(53)39-37-35-33-31-29-14-12-10-8-6-4-2/h5,7,11,13,16-17,19-20,22-23,25-26,37,39,43-45,47-50,52-53,55-57H,3-4,6,8-10,12,14-15,18,21,24,27-36,38,40-42H2,1-2H3,(H,51,54)/b7-5-,13-11-,17-16-,20-19-,23-22-,26-25-,39-37+. The maximum Gasteiger partial charge on any atom is 0.220 e. The van der Waals surface area contributed by atoms with Crippen molar-refractivity contribution in [3.63, 3.8) is 0 Å². The van der Waals surface area contributed by atoms with Crippen LogP contribution in [0.1, 0.15) is 168 Å². The Kier molecular flexibility index (Phi) is 36.4. The summed E-state index contributed by atoms with van der Waals surface area (Å²) in [5.41, 5.74) is 0. The van der Waals surface area contributed by atoms with E-state index in [2.05, 4.69) is 92.1 Å². The highest BCUT2D eigenvalue weighted by atomic mass is 16.7. The van der Waals surface area contributed by atoms with E-state index in [-0.39, 0.29) is 12.5 Å². The van der Waals surface area contributed by atoms with Crippen LogP contribution in [0.2, 0.25) is 0 Å². The van der Waals surface area contributed by atoms with E-state index >= 15 is 0 Å². The zero-order chi connectivity index (χ0) is 43.0. The maximum atomic E-state index is 12.9. The second kappa shape index (κ2) is 39.5. The van der Waals surface area contributed by atoms with Crippen molar-refractivity contribution in [1.82, 2.24) is 5.32 Å². The lowest BCUT2D eigenvalue weighted by Gasteiger charge is -2.40. The van der Waals surface area contributed by atoms with E-state index in [9.17, 15) is 30.3 Å². The number of ether oxygens (including phenoxy) is 2. The van der Waals surface area contributed by atoms with Gasteiger partial charge in [-0.25, -0.2) is 0 Å². The molecule has 0 aliphatic carbocycles. The van der Waals surface area contributed by atoms with Crippen molar-refractivity contribution in [2.45, 2.75) is 211 Å². The number of amides is 1. The summed E-state index contributed by atoms with van der Waals surface area (Å²) in [6, 6.07) is -0.816. The number of nitrogens with one attached hydrogen (secondary N) is 1. The van der Waals surface area contributed by atoms with Crippen LogP contribution < -0.4 is 5.32 Å². The number of aliphatic hydroxyl groups is 5. The third-order valence-electron chi connectivity index (χ3n) is 10.5. The van der Waals surface area contributed by atoms with Gasteiger partial charge in [0.2, 0.25) is 5.91 Å². The zero-order valence-corrected chi connectivity index (χ0v) is 37.0. The minimum Gasteiger partial charge on any atom is -0.394 e. The van der Waals surface area contributed by atoms with Gasteiger partial charge in [-0.1, -0.05) is 176 Å². The van der Waals surface area contributed by atoms with Crippen LogP contribution in [-0.2, 0) is 14.3 Å². The fourth-order valence-electron chi connectivity index (χ4n) is 6.75. The third kappa shape index (κ3) is 30.1. The molecule has 9 heteroatoms. The van der Waals surface area contributed by atoms with Crippen molar-refractivity contribution in [2.24, 2.45) is 0 Å². The lowest BCUT2D eigenvalue weighted by molar-refractivity contribution is -0.302. The monoisotopic (exact) mass is 828 g/mol. The van der Waals surface area contributed by atoms with E-state index < -0.39 is 49.5 Å². The fraction of sp³-hybridized carbons (Fsp3) is 0.700. The molecule has 1 rings (SSSR count). The van der Waals surface area contributed by atoms with Crippen LogP contribution in [0.15, 0.2) is 85.1 Å². The van der Waals surface area contributed by atoms with E-state index in [1.54, 1.807) is 6.08 Å². The molecule has 1 amide bonds. The van der Waals surface area contributed by atoms with Crippen molar-refractivity contribution < 1.29 is 39.8 Å². The van der Waals surface area contributed by atoms with Crippen LogP contribution in [-0.4, -0.2) is 87.5 Å². The van der Waals surface area contributed by atoms with Crippen LogP contribution in [0.5, 0.6) is 0 Å². The van der Waals surface area contributed by atoms with E-state index in [1.165, 1.54) is 44.9 Å². The number of hydrogen-bond acceptors (Lipinski definition) is 8. The van der Waals surface area contributed by atoms with Crippen molar-refractivity contribution >= 4 is 5.91 Å². The summed E-state index contributed by atoms with van der Waals surface area (Å²) < 4.78 is 11.2. The first-order valence-electron chi connectivity index (χ1n) is 23.3. The highest BCUT2D eigenvalue weighted by molar-refractivity contribution is 5.76. The van der Waals surface area contributed by atoms with Gasteiger partial charge in [0.05, 0.1) is 25.4 Å². The summed E-state index contributed by atoms with van der Waals surface area (Å²) in [5.74, 6) is -0.198. The molecule has 6 N–H and O–H groups in total. The highest BCUT2D eigenvalue weighted by Gasteiger charge is 2.44. The van der Waals surface area contributed by atoms with Crippen LogP contribution >= 0.6 is 0 Å². The van der Waals surface area contributed by atoms with Crippen molar-refractivity contribution in [2.75, 3.05) is 13.2 Å². The molecule has 0 aromatic heterocycles. The largest absolute Gasteiger partial charge is 0.394 e. The average Bonchev–Trinajstić information content (AvgIpc) is 3.23. The molecule has 1 saturated heterocycles. The summed E-state index contributed by atoms with van der Waals surface area (Å²) in [6.07, 6.45) is 47.7. The summed E-state index contributed by atoms with van der Waals surface area (Å²) >= 11 is 0. The van der Waals surface area contributed by atoms with Gasteiger partial charge >= 0.3 is 0 Å². The molecule has 7 unspecified atom stereocenters. The topological polar surface area (TPSA) is 149 Å². The third-order valence-corrected chi connectivity index (χ3v) is 10.5. The van der Waals surface area contributed by atoms with E-state index in [0.717, 1.165) is 103 Å². The molecular formula is C50H85NO8. The molecule has 0 bridgehead atoms. The molecule has 338 valence electrons. The maximum absolute atomic E-state index is 12.9. The number of carbonyl (C=O) groups is 1. The molecule has 9 nitrogen and oxygen atoms in total. The Labute approximate surface area is 359 Å². The van der Waals surface area contributed by atoms with Crippen LogP contribution in [0, 0.1) is 0 Å². The van der Waals surface area contributed by atoms with Crippen LogP contribution in [0.4, 0.5) is 0 Å². The number of hydrogen-bond donors (Lipinski definition) is 6. The van der Waals surface area contributed by atoms with Gasteiger partial charge in [-0.05, 0) is 70.6 Å². The molecule has 0 spiro atoms. The molecule has 0 radical (unpaired) electrons. The van der Waals surface area contributed by atoms with Gasteiger partial charge < -0.3 is 40.3 Å². The lowest BCUT2D eigenvalue weighted by atomic mass is 9.99. The van der Waals surface area contributed by atoms with E-state index in [4.69, 9.17) is 9.47 Å². The second-order valence-corrected chi connectivity index (χ2v) is 15.8. The first-order valence-corrected chi connectivity index (χ1v) is 23.3. The SMILES string of the molecule is CC/C=C\C/C=C\C/C=C\C/C=C\C/C=C\C/C=C\CCCCCCCCC(=O)NC(COC1OC(CO)C(O)C(O)C1O)C(O)/C=C/CCCCCCCCCCC. The molecule has 1 heterocycles. The number of rotatable bonds is 37. The fourth-order valence-corrected chi connectivity index (χ4v) is 6.75. The first kappa shape index (κ1) is 54.4. The molecule has 1 fully saturated rings. The Morgan fingerprint density at radius 2 is 1.05 bits per heavy atom. The highest BCUT2D eigenvalue weighted by Crippen LogP contribution is 2.22. The quantitative estimate of drug-likeness (QED) is 0.0268. The summed E-state index contributed by atoms with van der Waals surface area (Å²) in [7, 11) is 0. The molecule has 1 aliphatic rings. The van der Waals surface area contributed by atoms with Crippen molar-refractivity contribution in [3.8, 4) is 0 Å². The Hall–Kier alpha value is -2.63. The molecule has 7 atom stereocenters. The van der Waals surface area contributed by atoms with E-state index in [0.29, 0.717) is 6.42 Å². The number of aliphatic hydroxyl groups excluding tert-OH is 5. The van der Waals surface area contributed by atoms with Crippen LogP contribution in [0.3, 0.4) is 0 Å². The Balaban J connectivity index is 2.31. The minimum absolute atomic E-state index is 0.198. The first-order chi connectivity index (χ1) is 28.8. The minimum atomic E-state index is -1.57. The van der Waals surface area contributed by atoms with Gasteiger partial charge in [-0.3, -0.25) is 4.79 Å². The number of carbonyl (C=O) groups excluding carboxylic acids is 1. The van der Waals surface area contributed by atoms with Gasteiger partial charge in [0.1, 0.15) is 24.4 Å². The zero-order valence-electron chi connectivity index (χ0n) is 37.0. The van der Waals surface area contributed by atoms with Gasteiger partial charge in [0, 0.05) is 6.42 Å². The molecule has 59 heavy (non-hydrogen) atoms. The van der Waals surface area contributed by atoms with Gasteiger partial charge in [-0.2, -0.15) is 0 Å². The summed E-state index contributed by atoms with van der Waals surface area (Å²) in [5, 5.41) is 54.1. The van der Waals surface area contributed by atoms with Gasteiger partial charge in [0.25, 0.3) is 0 Å². The van der Waals surface area contributed by atoms with Gasteiger partial charge in [0.15, 0.2) is 6.29 Å². The number of allylic oxidation sites excluding steroid dienone is 13. The molecule has 0 aromatic rings. The average molecular weight is 828 g/mol. The van der Waals surface area contributed by atoms with Gasteiger partial charge in [-0.15, -0.1) is 0 Å². The molecule has 1 aliphatic heterocycles. The second-order valence-electron chi connectivity index (χ2n) is 15.8. The Morgan fingerprint density at radius 1 is 0.593 bits per heavy atom. The smallest absolute Gasteiger partial charge is 0.220 e.